The number of hydrogen-bond donors (Lipinski definition) is 2. The van der Waals surface area contributed by atoms with Crippen molar-refractivity contribution in [2.24, 2.45) is 7.05 Å². The lowest BCUT2D eigenvalue weighted by atomic mass is 10.3. The number of aromatic nitrogens is 3. The second-order valence-electron chi connectivity index (χ2n) is 3.49. The van der Waals surface area contributed by atoms with E-state index in [1.165, 1.54) is 11.9 Å². The average molecular weight is 252 g/mol. The van der Waals surface area contributed by atoms with E-state index in [1.54, 1.807) is 11.3 Å². The molecule has 2 N–H and O–H groups in total. The third kappa shape index (κ3) is 2.82. The van der Waals surface area contributed by atoms with Gasteiger partial charge in [-0.25, -0.2) is 9.48 Å². The van der Waals surface area contributed by atoms with Crippen LogP contribution in [0.4, 0.5) is 0 Å². The van der Waals surface area contributed by atoms with Crippen LogP contribution in [-0.4, -0.2) is 27.2 Å². The van der Waals surface area contributed by atoms with Crippen LogP contribution >= 0.6 is 11.3 Å². The van der Waals surface area contributed by atoms with Crippen molar-refractivity contribution in [1.82, 2.24) is 20.1 Å². The SMILES string of the molecule is Cn1nc(C(=O)NCCc2cccs2)[nH]c1=O. The van der Waals surface area contributed by atoms with Gasteiger partial charge in [-0.3, -0.25) is 9.78 Å². The van der Waals surface area contributed by atoms with Crippen molar-refractivity contribution in [1.29, 1.82) is 0 Å². The number of H-pyrrole nitrogens is 1. The molecule has 90 valence electrons. The van der Waals surface area contributed by atoms with Crippen LogP contribution in [0.5, 0.6) is 0 Å². The molecular weight excluding hydrogens is 240 g/mol. The lowest BCUT2D eigenvalue weighted by Crippen LogP contribution is -2.26. The van der Waals surface area contributed by atoms with E-state index in [4.69, 9.17) is 0 Å². The van der Waals surface area contributed by atoms with Gasteiger partial charge < -0.3 is 5.32 Å². The van der Waals surface area contributed by atoms with E-state index in [1.807, 2.05) is 17.5 Å². The largest absolute Gasteiger partial charge is 0.349 e. The van der Waals surface area contributed by atoms with Crippen molar-refractivity contribution in [2.45, 2.75) is 6.42 Å². The highest BCUT2D eigenvalue weighted by Gasteiger charge is 2.10. The number of carbonyl (C=O) groups excluding carboxylic acids is 1. The lowest BCUT2D eigenvalue weighted by Gasteiger charge is -2.00. The van der Waals surface area contributed by atoms with Crippen molar-refractivity contribution in [3.63, 3.8) is 0 Å². The van der Waals surface area contributed by atoms with Gasteiger partial charge in [-0.1, -0.05) is 6.07 Å². The molecule has 0 radical (unpaired) electrons. The summed E-state index contributed by atoms with van der Waals surface area (Å²) in [5, 5.41) is 8.46. The molecule has 0 aromatic carbocycles. The number of hydrogen-bond acceptors (Lipinski definition) is 4. The van der Waals surface area contributed by atoms with Gasteiger partial charge in [0.05, 0.1) is 0 Å². The molecule has 2 aromatic heterocycles. The predicted molar refractivity (Wildman–Crippen MR) is 64.2 cm³/mol. The minimum absolute atomic E-state index is 0.0451. The molecule has 0 saturated heterocycles. The van der Waals surface area contributed by atoms with Gasteiger partial charge in [0.2, 0.25) is 5.82 Å². The van der Waals surface area contributed by atoms with E-state index in [9.17, 15) is 9.59 Å². The Morgan fingerprint density at radius 3 is 3.06 bits per heavy atom. The summed E-state index contributed by atoms with van der Waals surface area (Å²) in [6.07, 6.45) is 0.778. The summed E-state index contributed by atoms with van der Waals surface area (Å²) in [4.78, 5) is 26.2. The summed E-state index contributed by atoms with van der Waals surface area (Å²) >= 11 is 1.65. The van der Waals surface area contributed by atoms with E-state index in [0.29, 0.717) is 6.54 Å². The van der Waals surface area contributed by atoms with Gasteiger partial charge in [0.25, 0.3) is 5.91 Å². The van der Waals surface area contributed by atoms with Crippen LogP contribution in [0.2, 0.25) is 0 Å². The first-order valence-electron chi connectivity index (χ1n) is 5.10. The molecule has 17 heavy (non-hydrogen) atoms. The van der Waals surface area contributed by atoms with E-state index < -0.39 is 5.69 Å². The highest BCUT2D eigenvalue weighted by Crippen LogP contribution is 2.07. The quantitative estimate of drug-likeness (QED) is 0.812. The molecule has 2 rings (SSSR count). The van der Waals surface area contributed by atoms with Crippen molar-refractivity contribution in [3.8, 4) is 0 Å². The zero-order valence-electron chi connectivity index (χ0n) is 9.27. The Morgan fingerprint density at radius 1 is 1.65 bits per heavy atom. The second-order valence-corrected chi connectivity index (χ2v) is 4.52. The molecule has 0 unspecified atom stereocenters. The summed E-state index contributed by atoms with van der Waals surface area (Å²) < 4.78 is 1.09. The fourth-order valence-corrected chi connectivity index (χ4v) is 2.05. The van der Waals surface area contributed by atoms with Gasteiger partial charge >= 0.3 is 5.69 Å². The average Bonchev–Trinajstić information content (AvgIpc) is 2.90. The Hall–Kier alpha value is -1.89. The molecular formula is C10H12N4O2S. The van der Waals surface area contributed by atoms with Gasteiger partial charge in [0.15, 0.2) is 0 Å². The number of aromatic amines is 1. The number of nitrogens with one attached hydrogen (secondary N) is 2. The monoisotopic (exact) mass is 252 g/mol. The molecule has 6 nitrogen and oxygen atoms in total. The van der Waals surface area contributed by atoms with Gasteiger partial charge in [0.1, 0.15) is 0 Å². The minimum Gasteiger partial charge on any atom is -0.349 e. The van der Waals surface area contributed by atoms with E-state index in [2.05, 4.69) is 15.4 Å². The van der Waals surface area contributed by atoms with E-state index in [-0.39, 0.29) is 11.7 Å². The molecule has 0 fully saturated rings. The molecule has 2 heterocycles. The lowest BCUT2D eigenvalue weighted by molar-refractivity contribution is 0.0943. The van der Waals surface area contributed by atoms with Crippen molar-refractivity contribution in [3.05, 3.63) is 38.7 Å². The Bertz CT molecular complexity index is 555. The van der Waals surface area contributed by atoms with Crippen LogP contribution < -0.4 is 11.0 Å². The Labute approximate surface area is 101 Å². The Kier molecular flexibility index (Phi) is 3.38. The molecule has 7 heteroatoms. The van der Waals surface area contributed by atoms with Crippen LogP contribution in [0, 0.1) is 0 Å². The van der Waals surface area contributed by atoms with Crippen molar-refractivity contribution in [2.75, 3.05) is 6.54 Å². The topological polar surface area (TPSA) is 79.8 Å². The van der Waals surface area contributed by atoms with Crippen LogP contribution in [0.1, 0.15) is 15.5 Å². The number of aryl methyl sites for hydroxylation is 1. The first-order chi connectivity index (χ1) is 8.16. The standard InChI is InChI=1S/C10H12N4O2S/c1-14-10(16)12-8(13-14)9(15)11-5-4-7-3-2-6-17-7/h2-3,6H,4-5H2,1H3,(H,11,15)(H,12,13,16). The van der Waals surface area contributed by atoms with Gasteiger partial charge in [0, 0.05) is 18.5 Å². The van der Waals surface area contributed by atoms with Crippen molar-refractivity contribution < 1.29 is 4.79 Å². The maximum atomic E-state index is 11.6. The number of thiophene rings is 1. The first kappa shape index (κ1) is 11.6. The fourth-order valence-electron chi connectivity index (χ4n) is 1.34. The number of nitrogens with zero attached hydrogens (tertiary/aromatic N) is 2. The first-order valence-corrected chi connectivity index (χ1v) is 5.98. The number of carbonyl (C=O) groups is 1. The predicted octanol–water partition coefficient (Wildman–Crippen LogP) is 0.142. The molecule has 0 aliphatic carbocycles. The van der Waals surface area contributed by atoms with Gasteiger partial charge in [-0.15, -0.1) is 16.4 Å². The van der Waals surface area contributed by atoms with Crippen LogP contribution in [0.25, 0.3) is 0 Å². The molecule has 0 aliphatic rings. The van der Waals surface area contributed by atoms with E-state index in [0.717, 1.165) is 11.1 Å². The maximum absolute atomic E-state index is 11.6. The van der Waals surface area contributed by atoms with E-state index >= 15 is 0 Å². The van der Waals surface area contributed by atoms with Crippen LogP contribution in [0.15, 0.2) is 22.3 Å². The second kappa shape index (κ2) is 4.96. The van der Waals surface area contributed by atoms with Gasteiger partial charge in [-0.05, 0) is 17.9 Å². The summed E-state index contributed by atoms with van der Waals surface area (Å²) in [7, 11) is 1.49. The normalized spacial score (nSPS) is 10.4. The van der Waals surface area contributed by atoms with Crippen molar-refractivity contribution >= 4 is 17.2 Å². The summed E-state index contributed by atoms with van der Waals surface area (Å²) in [5.41, 5.74) is -0.395. The molecule has 0 saturated carbocycles. The number of amides is 1. The zero-order chi connectivity index (χ0) is 12.3. The third-order valence-corrected chi connectivity index (χ3v) is 3.16. The molecule has 0 aliphatic heterocycles. The summed E-state index contributed by atoms with van der Waals surface area (Å²) in [5.74, 6) is -0.317. The molecule has 0 spiro atoms. The summed E-state index contributed by atoms with van der Waals surface area (Å²) in [6.45, 7) is 0.526. The third-order valence-electron chi connectivity index (χ3n) is 2.22. The molecule has 0 atom stereocenters. The molecule has 0 bridgehead atoms. The smallest absolute Gasteiger partial charge is 0.343 e. The summed E-state index contributed by atoms with van der Waals surface area (Å²) in [6, 6.07) is 3.98. The van der Waals surface area contributed by atoms with Crippen LogP contribution in [-0.2, 0) is 13.5 Å². The highest BCUT2D eigenvalue weighted by atomic mass is 32.1. The Balaban J connectivity index is 1.87. The number of rotatable bonds is 4. The van der Waals surface area contributed by atoms with Crippen LogP contribution in [0.3, 0.4) is 0 Å². The van der Waals surface area contributed by atoms with Gasteiger partial charge in [-0.2, -0.15) is 0 Å². The fraction of sp³-hybridized carbons (Fsp3) is 0.300. The molecule has 1 amide bonds. The maximum Gasteiger partial charge on any atom is 0.343 e. The Morgan fingerprint density at radius 2 is 2.47 bits per heavy atom. The molecule has 2 aromatic rings. The highest BCUT2D eigenvalue weighted by molar-refractivity contribution is 7.09. The zero-order valence-corrected chi connectivity index (χ0v) is 10.1. The minimum atomic E-state index is -0.395.